The summed E-state index contributed by atoms with van der Waals surface area (Å²) >= 11 is 0. The van der Waals surface area contributed by atoms with Crippen LogP contribution in [0.2, 0.25) is 0 Å². The van der Waals surface area contributed by atoms with E-state index < -0.39 is 4.92 Å². The van der Waals surface area contributed by atoms with Crippen LogP contribution in [0.4, 0.5) is 17.3 Å². The van der Waals surface area contributed by atoms with E-state index in [0.29, 0.717) is 18.1 Å². The van der Waals surface area contributed by atoms with Gasteiger partial charge in [0.1, 0.15) is 17.9 Å². The molecular formula is C24H21N5O3. The van der Waals surface area contributed by atoms with E-state index in [1.807, 2.05) is 62.4 Å². The summed E-state index contributed by atoms with van der Waals surface area (Å²) in [7, 11) is 0. The fraction of sp³-hybridized carbons (Fsp3) is 0.125. The van der Waals surface area contributed by atoms with Gasteiger partial charge in [-0.3, -0.25) is 10.1 Å². The van der Waals surface area contributed by atoms with Crippen LogP contribution in [0.3, 0.4) is 0 Å². The molecule has 0 aliphatic rings. The summed E-state index contributed by atoms with van der Waals surface area (Å²) in [6, 6.07) is 20.5. The van der Waals surface area contributed by atoms with Gasteiger partial charge in [-0.2, -0.15) is 4.98 Å². The summed E-state index contributed by atoms with van der Waals surface area (Å²) in [5, 5.41) is 12.1. The number of hydrogen-bond donors (Lipinski definition) is 0. The van der Waals surface area contributed by atoms with Gasteiger partial charge in [0.25, 0.3) is 0 Å². The fourth-order valence-corrected chi connectivity index (χ4v) is 3.22. The molecule has 0 spiro atoms. The molecule has 0 radical (unpaired) electrons. The van der Waals surface area contributed by atoms with Crippen molar-refractivity contribution in [2.75, 3.05) is 4.90 Å². The fourth-order valence-electron chi connectivity index (χ4n) is 3.22. The molecule has 0 unspecified atom stereocenters. The number of ether oxygens (including phenoxy) is 1. The zero-order valence-corrected chi connectivity index (χ0v) is 17.7. The number of benzene rings is 2. The van der Waals surface area contributed by atoms with Crippen LogP contribution < -0.4 is 9.64 Å². The Balaban J connectivity index is 1.81. The standard InChI is InChI=1S/C24H21N5O3/c1-17-11-12-20(14-18(17)2)32-24-22(29(30)31)23(26-16-27-24)28(21-10-6-7-13-25-21)15-19-8-4-3-5-9-19/h3-14,16H,15H2,1-2H3. The molecule has 0 aliphatic carbocycles. The Morgan fingerprint density at radius 2 is 1.72 bits per heavy atom. The first kappa shape index (κ1) is 20.9. The third kappa shape index (κ3) is 4.54. The molecule has 160 valence electrons. The smallest absolute Gasteiger partial charge is 0.373 e. The van der Waals surface area contributed by atoms with Gasteiger partial charge in [-0.15, -0.1) is 0 Å². The lowest BCUT2D eigenvalue weighted by molar-refractivity contribution is -0.385. The Labute approximate surface area is 185 Å². The van der Waals surface area contributed by atoms with Crippen molar-refractivity contribution < 1.29 is 9.66 Å². The molecule has 4 rings (SSSR count). The van der Waals surface area contributed by atoms with E-state index in [1.54, 1.807) is 29.3 Å². The molecule has 0 saturated heterocycles. The van der Waals surface area contributed by atoms with Crippen molar-refractivity contribution in [3.05, 3.63) is 106 Å². The zero-order valence-electron chi connectivity index (χ0n) is 17.7. The van der Waals surface area contributed by atoms with Crippen LogP contribution in [0, 0.1) is 24.0 Å². The van der Waals surface area contributed by atoms with Gasteiger partial charge in [0.2, 0.25) is 5.82 Å². The maximum Gasteiger partial charge on any atom is 0.373 e. The van der Waals surface area contributed by atoms with Crippen LogP contribution in [-0.4, -0.2) is 19.9 Å². The predicted octanol–water partition coefficient (Wildman–Crippen LogP) is 5.53. The number of aryl methyl sites for hydroxylation is 2. The van der Waals surface area contributed by atoms with Gasteiger partial charge in [-0.05, 0) is 54.8 Å². The highest BCUT2D eigenvalue weighted by atomic mass is 16.6. The Morgan fingerprint density at radius 1 is 0.938 bits per heavy atom. The quantitative estimate of drug-likeness (QED) is 0.283. The molecule has 2 aromatic heterocycles. The SMILES string of the molecule is Cc1ccc(Oc2ncnc(N(Cc3ccccc3)c3ccccn3)c2[N+](=O)[O-])cc1C. The van der Waals surface area contributed by atoms with Gasteiger partial charge in [-0.1, -0.05) is 42.5 Å². The van der Waals surface area contributed by atoms with Crippen molar-refractivity contribution in [2.24, 2.45) is 0 Å². The van der Waals surface area contributed by atoms with Crippen molar-refractivity contribution >= 4 is 17.3 Å². The number of nitro groups is 1. The van der Waals surface area contributed by atoms with E-state index in [1.165, 1.54) is 6.33 Å². The monoisotopic (exact) mass is 427 g/mol. The molecule has 0 atom stereocenters. The van der Waals surface area contributed by atoms with E-state index >= 15 is 0 Å². The molecule has 2 heterocycles. The molecule has 4 aromatic rings. The van der Waals surface area contributed by atoms with Crippen LogP contribution in [0.1, 0.15) is 16.7 Å². The summed E-state index contributed by atoms with van der Waals surface area (Å²) in [6.45, 7) is 4.27. The van der Waals surface area contributed by atoms with Crippen molar-refractivity contribution in [3.8, 4) is 11.6 Å². The second-order valence-electron chi connectivity index (χ2n) is 7.22. The maximum atomic E-state index is 12.1. The van der Waals surface area contributed by atoms with Crippen LogP contribution in [0.25, 0.3) is 0 Å². The average molecular weight is 427 g/mol. The zero-order chi connectivity index (χ0) is 22.5. The first-order valence-corrected chi connectivity index (χ1v) is 10.00. The number of anilines is 2. The molecule has 2 aromatic carbocycles. The highest BCUT2D eigenvalue weighted by Crippen LogP contribution is 2.39. The van der Waals surface area contributed by atoms with Crippen molar-refractivity contribution in [1.29, 1.82) is 0 Å². The van der Waals surface area contributed by atoms with Gasteiger partial charge in [-0.25, -0.2) is 9.97 Å². The first-order chi connectivity index (χ1) is 15.5. The molecular weight excluding hydrogens is 406 g/mol. The molecule has 0 saturated carbocycles. The number of aromatic nitrogens is 3. The third-order valence-electron chi connectivity index (χ3n) is 5.01. The van der Waals surface area contributed by atoms with Crippen LogP contribution in [-0.2, 0) is 6.54 Å². The van der Waals surface area contributed by atoms with Gasteiger partial charge < -0.3 is 9.64 Å². The normalized spacial score (nSPS) is 10.6. The molecule has 8 nitrogen and oxygen atoms in total. The Bertz CT molecular complexity index is 1230. The van der Waals surface area contributed by atoms with Crippen LogP contribution in [0.15, 0.2) is 79.3 Å². The van der Waals surface area contributed by atoms with E-state index in [2.05, 4.69) is 15.0 Å². The minimum Gasteiger partial charge on any atom is -0.434 e. The highest BCUT2D eigenvalue weighted by molar-refractivity contribution is 5.69. The minimum atomic E-state index is -0.521. The second kappa shape index (κ2) is 9.22. The number of pyridine rings is 1. The number of nitrogens with zero attached hydrogens (tertiary/aromatic N) is 5. The van der Waals surface area contributed by atoms with Gasteiger partial charge in [0.05, 0.1) is 11.5 Å². The van der Waals surface area contributed by atoms with Gasteiger partial charge in [0, 0.05) is 6.20 Å². The molecule has 32 heavy (non-hydrogen) atoms. The second-order valence-corrected chi connectivity index (χ2v) is 7.22. The van der Waals surface area contributed by atoms with Gasteiger partial charge >= 0.3 is 11.6 Å². The summed E-state index contributed by atoms with van der Waals surface area (Å²) in [4.78, 5) is 26.0. The van der Waals surface area contributed by atoms with E-state index in [4.69, 9.17) is 4.74 Å². The van der Waals surface area contributed by atoms with Crippen molar-refractivity contribution in [1.82, 2.24) is 15.0 Å². The molecule has 0 N–H and O–H groups in total. The maximum absolute atomic E-state index is 12.1. The third-order valence-corrected chi connectivity index (χ3v) is 5.01. The van der Waals surface area contributed by atoms with Crippen molar-refractivity contribution in [3.63, 3.8) is 0 Å². The first-order valence-electron chi connectivity index (χ1n) is 10.00. The Hall–Kier alpha value is -4.33. The summed E-state index contributed by atoms with van der Waals surface area (Å²) in [5.74, 6) is 0.965. The van der Waals surface area contributed by atoms with E-state index in [0.717, 1.165) is 16.7 Å². The summed E-state index contributed by atoms with van der Waals surface area (Å²) in [5.41, 5.74) is 2.73. The molecule has 0 fully saturated rings. The lowest BCUT2D eigenvalue weighted by Crippen LogP contribution is -2.20. The van der Waals surface area contributed by atoms with Crippen LogP contribution >= 0.6 is 0 Å². The largest absolute Gasteiger partial charge is 0.434 e. The summed E-state index contributed by atoms with van der Waals surface area (Å²) in [6.07, 6.45) is 2.90. The molecule has 0 amide bonds. The van der Waals surface area contributed by atoms with Crippen molar-refractivity contribution in [2.45, 2.75) is 20.4 Å². The molecule has 0 aliphatic heterocycles. The van der Waals surface area contributed by atoms with E-state index in [-0.39, 0.29) is 17.4 Å². The molecule has 8 heteroatoms. The lowest BCUT2D eigenvalue weighted by atomic mass is 10.1. The minimum absolute atomic E-state index is 0.103. The number of rotatable bonds is 7. The predicted molar refractivity (Wildman–Crippen MR) is 121 cm³/mol. The van der Waals surface area contributed by atoms with Gasteiger partial charge in [0.15, 0.2) is 0 Å². The van der Waals surface area contributed by atoms with E-state index in [9.17, 15) is 10.1 Å². The topological polar surface area (TPSA) is 94.3 Å². The van der Waals surface area contributed by atoms with Crippen LogP contribution in [0.5, 0.6) is 11.6 Å². The Morgan fingerprint density at radius 3 is 2.41 bits per heavy atom. The Kier molecular flexibility index (Phi) is 6.03. The summed E-state index contributed by atoms with van der Waals surface area (Å²) < 4.78 is 5.84. The lowest BCUT2D eigenvalue weighted by Gasteiger charge is -2.23. The average Bonchev–Trinajstić information content (AvgIpc) is 2.81. The highest BCUT2D eigenvalue weighted by Gasteiger charge is 2.30. The molecule has 0 bridgehead atoms. The number of hydrogen-bond acceptors (Lipinski definition) is 7.